The highest BCUT2D eigenvalue weighted by Gasteiger charge is 2.27. The largest absolute Gasteiger partial charge is 0.344 e. The molecule has 2 fully saturated rings. The zero-order valence-electron chi connectivity index (χ0n) is 13.6. The van der Waals surface area contributed by atoms with Crippen molar-refractivity contribution >= 4 is 11.8 Å². The molecule has 0 aromatic heterocycles. The second-order valence-corrected chi connectivity index (χ2v) is 6.84. The molecule has 2 aliphatic carbocycles. The molecule has 2 amide bonds. The highest BCUT2D eigenvalue weighted by molar-refractivity contribution is 5.80. The second-order valence-electron chi connectivity index (χ2n) is 6.84. The van der Waals surface area contributed by atoms with Gasteiger partial charge in [0.1, 0.15) is 0 Å². The first-order chi connectivity index (χ1) is 10.1. The molecular weight excluding hydrogens is 264 g/mol. The van der Waals surface area contributed by atoms with Crippen molar-refractivity contribution < 1.29 is 9.59 Å². The Balaban J connectivity index is 1.73. The van der Waals surface area contributed by atoms with Crippen LogP contribution in [0.4, 0.5) is 0 Å². The van der Waals surface area contributed by atoms with Crippen LogP contribution in [0.1, 0.15) is 57.8 Å². The Morgan fingerprint density at radius 1 is 0.714 bits per heavy atom. The average molecular weight is 294 g/mol. The Morgan fingerprint density at radius 3 is 1.43 bits per heavy atom. The third-order valence-electron chi connectivity index (χ3n) is 5.18. The maximum Gasteiger partial charge on any atom is 0.225 e. The maximum atomic E-state index is 12.4. The van der Waals surface area contributed by atoms with Crippen LogP contribution in [0.3, 0.4) is 0 Å². The van der Waals surface area contributed by atoms with Gasteiger partial charge in [0, 0.05) is 39.0 Å². The smallest absolute Gasteiger partial charge is 0.225 e. The lowest BCUT2D eigenvalue weighted by Gasteiger charge is -2.28. The third kappa shape index (κ3) is 4.45. The fourth-order valence-corrected chi connectivity index (χ4v) is 3.67. The van der Waals surface area contributed by atoms with Gasteiger partial charge in [-0.25, -0.2) is 0 Å². The van der Waals surface area contributed by atoms with Gasteiger partial charge in [0.05, 0.1) is 0 Å². The molecule has 0 heterocycles. The van der Waals surface area contributed by atoms with Crippen LogP contribution in [0.5, 0.6) is 0 Å². The Labute approximate surface area is 128 Å². The molecule has 0 spiro atoms. The van der Waals surface area contributed by atoms with Crippen LogP contribution in [0.15, 0.2) is 0 Å². The number of carbonyl (C=O) groups excluding carboxylic acids is 2. The molecule has 0 radical (unpaired) electrons. The van der Waals surface area contributed by atoms with E-state index < -0.39 is 0 Å². The van der Waals surface area contributed by atoms with E-state index in [0.717, 1.165) is 25.7 Å². The molecule has 0 aromatic rings. The van der Waals surface area contributed by atoms with Gasteiger partial charge in [-0.3, -0.25) is 9.59 Å². The molecule has 21 heavy (non-hydrogen) atoms. The molecule has 2 rings (SSSR count). The lowest BCUT2D eigenvalue weighted by molar-refractivity contribution is -0.138. The number of hydrogen-bond acceptors (Lipinski definition) is 2. The molecule has 0 bridgehead atoms. The zero-order chi connectivity index (χ0) is 15.2. The number of likely N-dealkylation sites (N-methyl/N-ethyl adjacent to an activating group) is 2. The van der Waals surface area contributed by atoms with Gasteiger partial charge >= 0.3 is 0 Å². The lowest BCUT2D eigenvalue weighted by atomic mass is 9.88. The second kappa shape index (κ2) is 7.81. The van der Waals surface area contributed by atoms with E-state index in [1.807, 2.05) is 23.9 Å². The van der Waals surface area contributed by atoms with Crippen molar-refractivity contribution in [3.05, 3.63) is 0 Å². The van der Waals surface area contributed by atoms with Crippen molar-refractivity contribution in [1.82, 2.24) is 9.80 Å². The van der Waals surface area contributed by atoms with E-state index in [4.69, 9.17) is 0 Å². The fourth-order valence-electron chi connectivity index (χ4n) is 3.67. The molecule has 4 nitrogen and oxygen atoms in total. The van der Waals surface area contributed by atoms with Gasteiger partial charge in [0.15, 0.2) is 0 Å². The molecule has 0 aliphatic heterocycles. The molecule has 0 atom stereocenters. The predicted octanol–water partition coefficient (Wildman–Crippen LogP) is 2.67. The van der Waals surface area contributed by atoms with Gasteiger partial charge in [0.25, 0.3) is 0 Å². The van der Waals surface area contributed by atoms with E-state index in [9.17, 15) is 9.59 Å². The van der Waals surface area contributed by atoms with Crippen molar-refractivity contribution in [3.63, 3.8) is 0 Å². The van der Waals surface area contributed by atoms with Crippen LogP contribution in [0.2, 0.25) is 0 Å². The SMILES string of the molecule is CN(CCN(C)C(=O)C1CCCC1)C(=O)C1CCCCC1. The third-order valence-corrected chi connectivity index (χ3v) is 5.18. The van der Waals surface area contributed by atoms with E-state index in [1.54, 1.807) is 0 Å². The highest BCUT2D eigenvalue weighted by atomic mass is 16.2. The summed E-state index contributed by atoms with van der Waals surface area (Å²) >= 11 is 0. The fraction of sp³-hybridized carbons (Fsp3) is 0.882. The van der Waals surface area contributed by atoms with Crippen molar-refractivity contribution in [1.29, 1.82) is 0 Å². The Hall–Kier alpha value is -1.06. The van der Waals surface area contributed by atoms with Crippen molar-refractivity contribution in [2.45, 2.75) is 57.8 Å². The Morgan fingerprint density at radius 2 is 1.05 bits per heavy atom. The quantitative estimate of drug-likeness (QED) is 0.782. The van der Waals surface area contributed by atoms with Gasteiger partial charge in [-0.05, 0) is 25.7 Å². The van der Waals surface area contributed by atoms with E-state index in [-0.39, 0.29) is 23.7 Å². The minimum absolute atomic E-state index is 0.222. The molecule has 120 valence electrons. The monoisotopic (exact) mass is 294 g/mol. The summed E-state index contributed by atoms with van der Waals surface area (Å²) in [6.07, 6.45) is 10.2. The maximum absolute atomic E-state index is 12.4. The first-order valence-corrected chi connectivity index (χ1v) is 8.59. The average Bonchev–Trinajstić information content (AvgIpc) is 3.06. The first kappa shape index (κ1) is 16.3. The van der Waals surface area contributed by atoms with Crippen LogP contribution in [0, 0.1) is 11.8 Å². The molecule has 0 saturated heterocycles. The standard InChI is InChI=1S/C17H30N2O2/c1-18(16(20)14-8-4-3-5-9-14)12-13-19(2)17(21)15-10-6-7-11-15/h14-15H,3-13H2,1-2H3. The normalized spacial score (nSPS) is 20.5. The van der Waals surface area contributed by atoms with Crippen LogP contribution in [-0.4, -0.2) is 48.8 Å². The number of nitrogens with zero attached hydrogens (tertiary/aromatic N) is 2. The lowest BCUT2D eigenvalue weighted by Crippen LogP contribution is -2.41. The summed E-state index contributed by atoms with van der Waals surface area (Å²) in [5.74, 6) is 0.997. The van der Waals surface area contributed by atoms with Crippen LogP contribution in [0.25, 0.3) is 0 Å². The molecule has 2 saturated carbocycles. The van der Waals surface area contributed by atoms with Gasteiger partial charge in [-0.15, -0.1) is 0 Å². The minimum Gasteiger partial charge on any atom is -0.344 e. The highest BCUT2D eigenvalue weighted by Crippen LogP contribution is 2.26. The number of amides is 2. The topological polar surface area (TPSA) is 40.6 Å². The summed E-state index contributed by atoms with van der Waals surface area (Å²) in [5.41, 5.74) is 0. The summed E-state index contributed by atoms with van der Waals surface area (Å²) in [6.45, 7) is 1.31. The summed E-state index contributed by atoms with van der Waals surface area (Å²) in [5, 5.41) is 0. The van der Waals surface area contributed by atoms with Crippen molar-refractivity contribution in [2.24, 2.45) is 11.8 Å². The van der Waals surface area contributed by atoms with E-state index in [2.05, 4.69) is 0 Å². The first-order valence-electron chi connectivity index (χ1n) is 8.59. The molecule has 0 N–H and O–H groups in total. The Bertz CT molecular complexity index is 358. The van der Waals surface area contributed by atoms with Crippen LogP contribution < -0.4 is 0 Å². The van der Waals surface area contributed by atoms with Gasteiger partial charge < -0.3 is 9.80 Å². The predicted molar refractivity (Wildman–Crippen MR) is 83.8 cm³/mol. The summed E-state index contributed by atoms with van der Waals surface area (Å²) < 4.78 is 0. The van der Waals surface area contributed by atoms with E-state index >= 15 is 0 Å². The van der Waals surface area contributed by atoms with Gasteiger partial charge in [-0.2, -0.15) is 0 Å². The van der Waals surface area contributed by atoms with E-state index in [1.165, 1.54) is 32.1 Å². The molecule has 0 aromatic carbocycles. The van der Waals surface area contributed by atoms with Crippen LogP contribution in [-0.2, 0) is 9.59 Å². The molecule has 4 heteroatoms. The van der Waals surface area contributed by atoms with Gasteiger partial charge in [-0.1, -0.05) is 32.1 Å². The van der Waals surface area contributed by atoms with Crippen molar-refractivity contribution in [3.8, 4) is 0 Å². The summed E-state index contributed by atoms with van der Waals surface area (Å²) in [6, 6.07) is 0. The minimum atomic E-state index is 0.222. The molecular formula is C17H30N2O2. The summed E-state index contributed by atoms with van der Waals surface area (Å²) in [4.78, 5) is 28.3. The molecule has 2 aliphatic rings. The number of carbonyl (C=O) groups is 2. The van der Waals surface area contributed by atoms with Crippen molar-refractivity contribution in [2.75, 3.05) is 27.2 Å². The summed E-state index contributed by atoms with van der Waals surface area (Å²) in [7, 11) is 3.75. The molecule has 0 unspecified atom stereocenters. The number of hydrogen-bond donors (Lipinski definition) is 0. The van der Waals surface area contributed by atoms with Crippen LogP contribution >= 0.6 is 0 Å². The zero-order valence-corrected chi connectivity index (χ0v) is 13.6. The number of rotatable bonds is 5. The van der Waals surface area contributed by atoms with E-state index in [0.29, 0.717) is 13.1 Å². The Kier molecular flexibility index (Phi) is 6.07. The van der Waals surface area contributed by atoms with Gasteiger partial charge in [0.2, 0.25) is 11.8 Å².